The normalized spacial score (nSPS) is 11.2. The minimum absolute atomic E-state index is 0.105. The van der Waals surface area contributed by atoms with Gasteiger partial charge in [-0.2, -0.15) is 0 Å². The van der Waals surface area contributed by atoms with Crippen molar-refractivity contribution in [3.8, 4) is 5.75 Å². The summed E-state index contributed by atoms with van der Waals surface area (Å²) in [7, 11) is 0. The van der Waals surface area contributed by atoms with E-state index in [1.54, 1.807) is 18.2 Å². The van der Waals surface area contributed by atoms with Crippen LogP contribution in [0.5, 0.6) is 5.75 Å². The number of rotatable bonds is 11. The van der Waals surface area contributed by atoms with Crippen LogP contribution in [-0.2, 0) is 17.6 Å². The van der Waals surface area contributed by atoms with Crippen molar-refractivity contribution in [3.63, 3.8) is 0 Å². The van der Waals surface area contributed by atoms with Crippen molar-refractivity contribution in [1.82, 2.24) is 0 Å². The van der Waals surface area contributed by atoms with Crippen LogP contribution < -0.4 is 10.2 Å². The highest BCUT2D eigenvalue weighted by Gasteiger charge is 2.09. The Morgan fingerprint density at radius 2 is 1.75 bits per heavy atom. The summed E-state index contributed by atoms with van der Waals surface area (Å²) in [6, 6.07) is 21.2. The summed E-state index contributed by atoms with van der Waals surface area (Å²) in [5.74, 6) is 0.00989. The molecular formula is C30H27FO5. The van der Waals surface area contributed by atoms with E-state index in [0.717, 1.165) is 35.3 Å². The molecule has 0 fully saturated rings. The Balaban J connectivity index is 1.35. The maximum atomic E-state index is 13.7. The zero-order valence-corrected chi connectivity index (χ0v) is 19.8. The molecule has 0 unspecified atom stereocenters. The molecule has 0 amide bonds. The van der Waals surface area contributed by atoms with E-state index in [4.69, 9.17) is 14.3 Å². The average molecular weight is 487 g/mol. The van der Waals surface area contributed by atoms with E-state index in [1.807, 2.05) is 54.6 Å². The van der Waals surface area contributed by atoms with Crippen LogP contribution in [0.4, 0.5) is 4.39 Å². The van der Waals surface area contributed by atoms with E-state index in [1.165, 1.54) is 12.1 Å². The van der Waals surface area contributed by atoms with Gasteiger partial charge in [0.25, 0.3) is 0 Å². The third kappa shape index (κ3) is 6.69. The van der Waals surface area contributed by atoms with Crippen LogP contribution in [0.1, 0.15) is 41.7 Å². The Labute approximate surface area is 208 Å². The van der Waals surface area contributed by atoms with Gasteiger partial charge in [0, 0.05) is 18.1 Å². The molecule has 5 nitrogen and oxygen atoms in total. The molecule has 184 valence electrons. The topological polar surface area (TPSA) is 76.7 Å². The second-order valence-corrected chi connectivity index (χ2v) is 8.49. The van der Waals surface area contributed by atoms with Crippen molar-refractivity contribution in [3.05, 3.63) is 111 Å². The van der Waals surface area contributed by atoms with E-state index in [9.17, 15) is 14.0 Å². The number of aliphatic carboxylic acids is 1. The molecule has 36 heavy (non-hydrogen) atoms. The number of carboxylic acid groups (broad SMARTS) is 1. The Morgan fingerprint density at radius 3 is 2.53 bits per heavy atom. The quantitative estimate of drug-likeness (QED) is 0.193. The highest BCUT2D eigenvalue weighted by Crippen LogP contribution is 2.22. The van der Waals surface area contributed by atoms with Gasteiger partial charge in [-0.15, -0.1) is 0 Å². The van der Waals surface area contributed by atoms with Gasteiger partial charge in [0.05, 0.1) is 18.4 Å². The number of hydrogen-bond donors (Lipinski definition) is 1. The fraction of sp³-hybridized carbons (Fsp3) is 0.200. The fourth-order valence-corrected chi connectivity index (χ4v) is 3.90. The molecule has 0 saturated carbocycles. The first kappa shape index (κ1) is 24.9. The Hall–Kier alpha value is -4.19. The maximum absolute atomic E-state index is 13.7. The second kappa shape index (κ2) is 12.0. The number of carbonyl (C=O) groups is 1. The van der Waals surface area contributed by atoms with Gasteiger partial charge in [-0.1, -0.05) is 54.6 Å². The number of halogens is 1. The van der Waals surface area contributed by atoms with E-state index >= 15 is 0 Å². The highest BCUT2D eigenvalue weighted by molar-refractivity contribution is 5.88. The molecule has 1 N–H and O–H groups in total. The summed E-state index contributed by atoms with van der Waals surface area (Å²) >= 11 is 0. The van der Waals surface area contributed by atoms with Crippen LogP contribution in [0.25, 0.3) is 23.1 Å². The van der Waals surface area contributed by atoms with Gasteiger partial charge in [0.15, 0.2) is 5.43 Å². The standard InChI is InChI=1S/C30H27FO5/c31-27-10-2-1-6-22(27)7-3-4-19-35-24-15-12-21(13-16-24)11-14-23-8-5-9-26-28(32)20-25(36-30(23)26)17-18-29(33)34/h1-2,5-6,8-16,20H,3-4,7,17-19H2,(H,33,34)/b14-11+. The molecule has 0 atom stereocenters. The van der Waals surface area contributed by atoms with E-state index in [0.29, 0.717) is 29.8 Å². The summed E-state index contributed by atoms with van der Waals surface area (Å²) in [6.07, 6.45) is 6.20. The molecule has 0 aliphatic heterocycles. The Morgan fingerprint density at radius 1 is 0.944 bits per heavy atom. The smallest absolute Gasteiger partial charge is 0.303 e. The number of para-hydroxylation sites is 1. The predicted molar refractivity (Wildman–Crippen MR) is 139 cm³/mol. The zero-order chi connectivity index (χ0) is 25.3. The van der Waals surface area contributed by atoms with Crippen molar-refractivity contribution in [2.75, 3.05) is 6.61 Å². The van der Waals surface area contributed by atoms with Gasteiger partial charge in [0.2, 0.25) is 0 Å². The first-order chi connectivity index (χ1) is 17.5. The monoisotopic (exact) mass is 486 g/mol. The highest BCUT2D eigenvalue weighted by atomic mass is 19.1. The molecule has 0 bridgehead atoms. The van der Waals surface area contributed by atoms with E-state index in [2.05, 4.69) is 0 Å². The van der Waals surface area contributed by atoms with E-state index < -0.39 is 5.97 Å². The number of unbranched alkanes of at least 4 members (excludes halogenated alkanes) is 1. The summed E-state index contributed by atoms with van der Waals surface area (Å²) in [6.45, 7) is 0.558. The van der Waals surface area contributed by atoms with Gasteiger partial charge in [-0.25, -0.2) is 4.39 Å². The molecule has 0 aliphatic rings. The average Bonchev–Trinajstić information content (AvgIpc) is 2.88. The summed E-state index contributed by atoms with van der Waals surface area (Å²) in [4.78, 5) is 23.3. The molecule has 4 aromatic rings. The van der Waals surface area contributed by atoms with Crippen molar-refractivity contribution in [2.45, 2.75) is 32.1 Å². The molecule has 0 spiro atoms. The molecule has 1 heterocycles. The molecule has 0 saturated heterocycles. The van der Waals surface area contributed by atoms with Crippen molar-refractivity contribution in [1.29, 1.82) is 0 Å². The van der Waals surface area contributed by atoms with Crippen LogP contribution in [0.3, 0.4) is 0 Å². The number of aryl methyl sites for hydroxylation is 2. The van der Waals surface area contributed by atoms with Crippen LogP contribution in [-0.4, -0.2) is 17.7 Å². The Kier molecular flexibility index (Phi) is 8.29. The first-order valence-electron chi connectivity index (χ1n) is 11.9. The zero-order valence-electron chi connectivity index (χ0n) is 19.8. The van der Waals surface area contributed by atoms with Gasteiger partial charge in [-0.3, -0.25) is 9.59 Å². The Bertz CT molecular complexity index is 1420. The van der Waals surface area contributed by atoms with Gasteiger partial charge < -0.3 is 14.3 Å². The maximum Gasteiger partial charge on any atom is 0.303 e. The number of hydrogen-bond acceptors (Lipinski definition) is 4. The third-order valence-corrected chi connectivity index (χ3v) is 5.82. The summed E-state index contributed by atoms with van der Waals surface area (Å²) < 4.78 is 25.3. The van der Waals surface area contributed by atoms with Crippen LogP contribution in [0.15, 0.2) is 82.0 Å². The van der Waals surface area contributed by atoms with Crippen LogP contribution in [0, 0.1) is 5.82 Å². The van der Waals surface area contributed by atoms with Gasteiger partial charge in [-0.05, 0) is 54.7 Å². The molecular weight excluding hydrogens is 459 g/mol. The number of ether oxygens (including phenoxy) is 1. The molecule has 0 radical (unpaired) electrons. The fourth-order valence-electron chi connectivity index (χ4n) is 3.90. The van der Waals surface area contributed by atoms with Crippen molar-refractivity contribution >= 4 is 29.1 Å². The lowest BCUT2D eigenvalue weighted by atomic mass is 10.1. The summed E-state index contributed by atoms with van der Waals surface area (Å²) in [5.41, 5.74) is 2.66. The SMILES string of the molecule is O=C(O)CCc1cc(=O)c2cccc(/C=C/c3ccc(OCCCCc4ccccc4F)cc3)c2o1. The van der Waals surface area contributed by atoms with Crippen molar-refractivity contribution < 1.29 is 23.4 Å². The summed E-state index contributed by atoms with van der Waals surface area (Å²) in [5, 5.41) is 9.37. The van der Waals surface area contributed by atoms with Crippen molar-refractivity contribution in [2.24, 2.45) is 0 Å². The minimum Gasteiger partial charge on any atom is -0.494 e. The third-order valence-electron chi connectivity index (χ3n) is 5.82. The largest absolute Gasteiger partial charge is 0.494 e. The lowest BCUT2D eigenvalue weighted by Crippen LogP contribution is -2.05. The number of fused-ring (bicyclic) bond motifs is 1. The minimum atomic E-state index is -0.944. The van der Waals surface area contributed by atoms with Gasteiger partial charge >= 0.3 is 5.97 Å². The number of benzene rings is 3. The molecule has 1 aromatic heterocycles. The van der Waals surface area contributed by atoms with Gasteiger partial charge in [0.1, 0.15) is 22.9 Å². The van der Waals surface area contributed by atoms with E-state index in [-0.39, 0.29) is 24.1 Å². The molecule has 4 rings (SSSR count). The molecule has 3 aromatic carbocycles. The first-order valence-corrected chi connectivity index (χ1v) is 11.9. The van der Waals surface area contributed by atoms with Crippen LogP contribution >= 0.6 is 0 Å². The lowest BCUT2D eigenvalue weighted by Gasteiger charge is -2.07. The number of carboxylic acids is 1. The molecule has 0 aliphatic carbocycles. The lowest BCUT2D eigenvalue weighted by molar-refractivity contribution is -0.137. The predicted octanol–water partition coefficient (Wildman–Crippen LogP) is 6.52. The second-order valence-electron chi connectivity index (χ2n) is 8.49. The van der Waals surface area contributed by atoms with Crippen LogP contribution in [0.2, 0.25) is 0 Å². The molecule has 6 heteroatoms.